The van der Waals surface area contributed by atoms with Gasteiger partial charge in [-0.15, -0.1) is 0 Å². The smallest absolute Gasteiger partial charge is 0.231 e. The summed E-state index contributed by atoms with van der Waals surface area (Å²) in [7, 11) is 1.92. The molecule has 1 unspecified atom stereocenters. The van der Waals surface area contributed by atoms with Crippen molar-refractivity contribution in [2.75, 3.05) is 18.7 Å². The molecule has 8 nitrogen and oxygen atoms in total. The Hall–Kier alpha value is -3.29. The van der Waals surface area contributed by atoms with E-state index in [-0.39, 0.29) is 12.8 Å². The zero-order valence-corrected chi connectivity index (χ0v) is 13.6. The fraction of sp³-hybridized carbons (Fsp3) is 0.235. The van der Waals surface area contributed by atoms with E-state index in [0.29, 0.717) is 12.4 Å². The molecule has 0 aliphatic carbocycles. The van der Waals surface area contributed by atoms with Crippen LogP contribution >= 0.6 is 0 Å². The number of fused-ring (bicyclic) bond motifs is 2. The van der Waals surface area contributed by atoms with Gasteiger partial charge in [-0.1, -0.05) is 0 Å². The highest BCUT2D eigenvalue weighted by Gasteiger charge is 2.32. The number of hydrogen-bond acceptors (Lipinski definition) is 7. The summed E-state index contributed by atoms with van der Waals surface area (Å²) < 4.78 is 12.6. The summed E-state index contributed by atoms with van der Waals surface area (Å²) in [6, 6.07) is 5.87. The van der Waals surface area contributed by atoms with Gasteiger partial charge < -0.3 is 19.7 Å². The first-order chi connectivity index (χ1) is 12.3. The topological polar surface area (TPSA) is 76.3 Å². The van der Waals surface area contributed by atoms with Crippen LogP contribution in [0.15, 0.2) is 53.0 Å². The zero-order valence-electron chi connectivity index (χ0n) is 13.6. The molecule has 4 heterocycles. The van der Waals surface area contributed by atoms with E-state index in [9.17, 15) is 0 Å². The Morgan fingerprint density at radius 1 is 1.24 bits per heavy atom. The first kappa shape index (κ1) is 14.1. The first-order valence-electron chi connectivity index (χ1n) is 8.01. The van der Waals surface area contributed by atoms with Crippen molar-refractivity contribution in [2.45, 2.75) is 6.04 Å². The lowest BCUT2D eigenvalue weighted by molar-refractivity contribution is 0.174. The van der Waals surface area contributed by atoms with Crippen molar-refractivity contribution < 1.29 is 9.47 Å². The minimum atomic E-state index is 0.143. The Labute approximate surface area is 144 Å². The van der Waals surface area contributed by atoms with Crippen molar-refractivity contribution in [3.05, 3.63) is 48.6 Å². The Morgan fingerprint density at radius 3 is 3.04 bits per heavy atom. The fourth-order valence-electron chi connectivity index (χ4n) is 3.18. The van der Waals surface area contributed by atoms with E-state index in [4.69, 9.17) is 9.47 Å². The van der Waals surface area contributed by atoms with E-state index >= 15 is 0 Å². The molecule has 0 fully saturated rings. The molecule has 0 radical (unpaired) electrons. The minimum absolute atomic E-state index is 0.143. The van der Waals surface area contributed by atoms with E-state index in [0.717, 1.165) is 28.6 Å². The molecular formula is C17H16N6O2. The van der Waals surface area contributed by atoms with Crippen LogP contribution < -0.4 is 14.8 Å². The predicted octanol–water partition coefficient (Wildman–Crippen LogP) is 1.90. The molecule has 3 aliphatic heterocycles. The number of hydrogen-bond donors (Lipinski definition) is 1. The number of anilines is 1. The standard InChI is InChI=1S/C17H16N6O2/c1-22-9-11(7-20-22)13-8-19-17-16(18-4-5-23(13)17)21-12-2-3-14-15(6-12)25-10-24-14/h2-7,9,13H,8,10H2,1H3,(H,18,21). The molecule has 1 aromatic heterocycles. The van der Waals surface area contributed by atoms with Crippen LogP contribution in [0.25, 0.3) is 0 Å². The van der Waals surface area contributed by atoms with Crippen LogP contribution in [0.4, 0.5) is 5.69 Å². The molecule has 0 bridgehead atoms. The maximum atomic E-state index is 5.43. The van der Waals surface area contributed by atoms with Crippen LogP contribution in [0.1, 0.15) is 11.6 Å². The maximum Gasteiger partial charge on any atom is 0.231 e. The lowest BCUT2D eigenvalue weighted by Gasteiger charge is -2.26. The SMILES string of the molecule is Cn1cc(C2CN=C3C(Nc4ccc5c(c4)OCO5)=NC=CN32)cn1. The average Bonchev–Trinajstić information content (AvgIpc) is 3.33. The summed E-state index contributed by atoms with van der Waals surface area (Å²) in [6.45, 7) is 0.933. The minimum Gasteiger partial charge on any atom is -0.454 e. The Kier molecular flexibility index (Phi) is 3.03. The molecule has 126 valence electrons. The van der Waals surface area contributed by atoms with Gasteiger partial charge in [-0.05, 0) is 12.1 Å². The van der Waals surface area contributed by atoms with E-state index in [2.05, 4.69) is 25.3 Å². The van der Waals surface area contributed by atoms with Crippen molar-refractivity contribution in [2.24, 2.45) is 17.0 Å². The van der Waals surface area contributed by atoms with Gasteiger partial charge >= 0.3 is 0 Å². The van der Waals surface area contributed by atoms with Crippen molar-refractivity contribution in [3.8, 4) is 11.5 Å². The fourth-order valence-corrected chi connectivity index (χ4v) is 3.18. The van der Waals surface area contributed by atoms with Crippen LogP contribution in [0.2, 0.25) is 0 Å². The highest BCUT2D eigenvalue weighted by molar-refractivity contribution is 6.45. The summed E-state index contributed by atoms with van der Waals surface area (Å²) in [4.78, 5) is 11.3. The number of amidine groups is 2. The van der Waals surface area contributed by atoms with Crippen LogP contribution in [-0.2, 0) is 7.05 Å². The quantitative estimate of drug-likeness (QED) is 0.906. The largest absolute Gasteiger partial charge is 0.454 e. The third-order valence-corrected chi connectivity index (χ3v) is 4.38. The molecule has 0 saturated heterocycles. The van der Waals surface area contributed by atoms with Crippen LogP contribution in [-0.4, -0.2) is 39.7 Å². The summed E-state index contributed by atoms with van der Waals surface area (Å²) in [6.07, 6.45) is 7.64. The van der Waals surface area contributed by atoms with Crippen LogP contribution in [0.5, 0.6) is 11.5 Å². The number of nitrogens with zero attached hydrogens (tertiary/aromatic N) is 5. The number of aliphatic imine (C=N–C) groups is 2. The second-order valence-electron chi connectivity index (χ2n) is 6.00. The van der Waals surface area contributed by atoms with E-state index in [1.807, 2.05) is 43.8 Å². The third kappa shape index (κ3) is 2.34. The molecule has 2 aromatic rings. The molecule has 0 spiro atoms. The molecule has 25 heavy (non-hydrogen) atoms. The third-order valence-electron chi connectivity index (χ3n) is 4.38. The van der Waals surface area contributed by atoms with Crippen LogP contribution in [0.3, 0.4) is 0 Å². The van der Waals surface area contributed by atoms with Crippen molar-refractivity contribution in [1.29, 1.82) is 0 Å². The lowest BCUT2D eigenvalue weighted by atomic mass is 10.1. The van der Waals surface area contributed by atoms with E-state index < -0.39 is 0 Å². The molecule has 1 atom stereocenters. The Bertz CT molecular complexity index is 929. The monoisotopic (exact) mass is 336 g/mol. The lowest BCUT2D eigenvalue weighted by Crippen LogP contribution is -2.37. The number of aromatic nitrogens is 2. The molecule has 1 N–H and O–H groups in total. The molecule has 1 aromatic carbocycles. The molecule has 3 aliphatic rings. The highest BCUT2D eigenvalue weighted by atomic mass is 16.7. The van der Waals surface area contributed by atoms with Gasteiger partial charge in [0, 0.05) is 43.0 Å². The number of benzene rings is 1. The highest BCUT2D eigenvalue weighted by Crippen LogP contribution is 2.35. The first-order valence-corrected chi connectivity index (χ1v) is 8.01. The zero-order chi connectivity index (χ0) is 16.8. The van der Waals surface area contributed by atoms with Gasteiger partial charge in [-0.2, -0.15) is 5.10 Å². The normalized spacial score (nSPS) is 20.4. The van der Waals surface area contributed by atoms with Gasteiger partial charge in [0.1, 0.15) is 0 Å². The van der Waals surface area contributed by atoms with Crippen molar-refractivity contribution in [1.82, 2.24) is 14.7 Å². The second-order valence-corrected chi connectivity index (χ2v) is 6.00. The van der Waals surface area contributed by atoms with Crippen molar-refractivity contribution >= 4 is 17.4 Å². The number of nitrogens with one attached hydrogen (secondary N) is 1. The van der Waals surface area contributed by atoms with Gasteiger partial charge in [0.25, 0.3) is 0 Å². The van der Waals surface area contributed by atoms with Crippen LogP contribution in [0, 0.1) is 0 Å². The number of rotatable bonds is 2. The van der Waals surface area contributed by atoms with Gasteiger partial charge in [0.15, 0.2) is 23.2 Å². The summed E-state index contributed by atoms with van der Waals surface area (Å²) >= 11 is 0. The van der Waals surface area contributed by atoms with Gasteiger partial charge in [0.05, 0.1) is 18.8 Å². The average molecular weight is 336 g/mol. The van der Waals surface area contributed by atoms with Gasteiger partial charge in [0.2, 0.25) is 6.79 Å². The van der Waals surface area contributed by atoms with E-state index in [1.165, 1.54) is 0 Å². The van der Waals surface area contributed by atoms with Crippen molar-refractivity contribution in [3.63, 3.8) is 0 Å². The molecule has 0 saturated carbocycles. The molecular weight excluding hydrogens is 320 g/mol. The maximum absolute atomic E-state index is 5.43. The second kappa shape index (κ2) is 5.37. The summed E-state index contributed by atoms with van der Waals surface area (Å²) in [5, 5.41) is 7.59. The Morgan fingerprint density at radius 2 is 2.16 bits per heavy atom. The molecule has 8 heteroatoms. The molecule has 5 rings (SSSR count). The predicted molar refractivity (Wildman–Crippen MR) is 92.9 cm³/mol. The Balaban J connectivity index is 1.39. The van der Waals surface area contributed by atoms with Gasteiger partial charge in [-0.3, -0.25) is 9.67 Å². The number of ether oxygens (including phenoxy) is 2. The molecule has 0 amide bonds. The summed E-state index contributed by atoms with van der Waals surface area (Å²) in [5.74, 6) is 3.03. The van der Waals surface area contributed by atoms with E-state index in [1.54, 1.807) is 10.9 Å². The van der Waals surface area contributed by atoms with Gasteiger partial charge in [-0.25, -0.2) is 4.99 Å². The number of aryl methyl sites for hydroxylation is 1. The summed E-state index contributed by atoms with van der Waals surface area (Å²) in [5.41, 5.74) is 2.01.